The van der Waals surface area contributed by atoms with Crippen molar-refractivity contribution in [3.05, 3.63) is 46.6 Å². The number of halogens is 7. The minimum Gasteiger partial charge on any atom is -0.441 e. The van der Waals surface area contributed by atoms with E-state index in [2.05, 4.69) is 19.5 Å². The van der Waals surface area contributed by atoms with E-state index in [9.17, 15) is 35.9 Å². The standard InChI is InChI=1S/C16H11ClF6N4O4/c17-7-3-6(1-2-10(7)31-16(21,22)23)11(9-5-30-13(25-9)15(18,19)20)27-4-8(12(24)28)26-14(27)29/h1-3,5,8,11H,4H2,(H2,24,28)(H,26,29)/t8?,11-/m0/s1. The molecule has 0 saturated carbocycles. The Hall–Kier alpha value is -3.16. The molecule has 168 valence electrons. The summed E-state index contributed by atoms with van der Waals surface area (Å²) >= 11 is 5.82. The molecule has 1 aliphatic rings. The molecule has 0 spiro atoms. The van der Waals surface area contributed by atoms with Crippen LogP contribution < -0.4 is 15.8 Å². The fraction of sp³-hybridized carbons (Fsp3) is 0.312. The zero-order valence-electron chi connectivity index (χ0n) is 14.9. The van der Waals surface area contributed by atoms with Crippen molar-refractivity contribution in [1.82, 2.24) is 15.2 Å². The average Bonchev–Trinajstić information content (AvgIpc) is 3.24. The van der Waals surface area contributed by atoms with Crippen molar-refractivity contribution in [3.63, 3.8) is 0 Å². The third-order valence-corrected chi connectivity index (χ3v) is 4.43. The van der Waals surface area contributed by atoms with Gasteiger partial charge in [-0.25, -0.2) is 9.78 Å². The Bertz CT molecular complexity index is 1010. The van der Waals surface area contributed by atoms with Gasteiger partial charge in [0.1, 0.15) is 29.8 Å². The maximum absolute atomic E-state index is 12.9. The fourth-order valence-electron chi connectivity index (χ4n) is 2.89. The molecule has 1 aromatic carbocycles. The number of urea groups is 1. The first-order chi connectivity index (χ1) is 14.3. The van der Waals surface area contributed by atoms with Crippen LogP contribution in [0.4, 0.5) is 31.1 Å². The Morgan fingerprint density at radius 1 is 1.32 bits per heavy atom. The minimum absolute atomic E-state index is 0.0261. The first-order valence-corrected chi connectivity index (χ1v) is 8.58. The van der Waals surface area contributed by atoms with Gasteiger partial charge in [-0.15, -0.1) is 13.2 Å². The van der Waals surface area contributed by atoms with Gasteiger partial charge in [-0.3, -0.25) is 4.79 Å². The van der Waals surface area contributed by atoms with Crippen LogP contribution in [0.2, 0.25) is 5.02 Å². The highest BCUT2D eigenvalue weighted by Gasteiger charge is 2.42. The van der Waals surface area contributed by atoms with Gasteiger partial charge in [-0.05, 0) is 17.7 Å². The highest BCUT2D eigenvalue weighted by molar-refractivity contribution is 6.32. The van der Waals surface area contributed by atoms with Crippen LogP contribution in [-0.4, -0.2) is 40.8 Å². The van der Waals surface area contributed by atoms with Crippen LogP contribution in [0.15, 0.2) is 28.9 Å². The molecule has 1 aromatic heterocycles. The molecule has 1 unspecified atom stereocenters. The van der Waals surface area contributed by atoms with Crippen LogP contribution in [0.3, 0.4) is 0 Å². The highest BCUT2D eigenvalue weighted by atomic mass is 35.5. The number of alkyl halides is 6. The van der Waals surface area contributed by atoms with Gasteiger partial charge in [-0.1, -0.05) is 17.7 Å². The average molecular weight is 473 g/mol. The predicted molar refractivity (Wildman–Crippen MR) is 89.7 cm³/mol. The molecular formula is C16H11ClF6N4O4. The Kier molecular flexibility index (Phi) is 5.69. The van der Waals surface area contributed by atoms with Crippen LogP contribution in [0.5, 0.6) is 5.75 Å². The number of primary amides is 1. The van der Waals surface area contributed by atoms with Crippen molar-refractivity contribution in [2.75, 3.05) is 6.54 Å². The van der Waals surface area contributed by atoms with Crippen LogP contribution >= 0.6 is 11.6 Å². The van der Waals surface area contributed by atoms with E-state index in [4.69, 9.17) is 17.3 Å². The number of carbonyl (C=O) groups is 2. The second-order valence-electron chi connectivity index (χ2n) is 6.27. The fourth-order valence-corrected chi connectivity index (χ4v) is 3.12. The minimum atomic E-state index is -5.04. The number of ether oxygens (including phenoxy) is 1. The summed E-state index contributed by atoms with van der Waals surface area (Å²) in [5, 5.41) is 1.71. The first-order valence-electron chi connectivity index (χ1n) is 8.20. The number of amides is 3. The molecule has 0 bridgehead atoms. The van der Waals surface area contributed by atoms with Gasteiger partial charge < -0.3 is 25.1 Å². The summed E-state index contributed by atoms with van der Waals surface area (Å²) in [5.41, 5.74) is 4.72. The Labute approximate surface area is 173 Å². The van der Waals surface area contributed by atoms with Crippen molar-refractivity contribution in [3.8, 4) is 5.75 Å². The monoisotopic (exact) mass is 472 g/mol. The number of hydrogen-bond acceptors (Lipinski definition) is 5. The van der Waals surface area contributed by atoms with Gasteiger partial charge in [0.2, 0.25) is 5.91 Å². The third kappa shape index (κ3) is 4.95. The zero-order chi connectivity index (χ0) is 23.1. The van der Waals surface area contributed by atoms with Crippen LogP contribution in [-0.2, 0) is 11.0 Å². The number of benzene rings is 1. The Morgan fingerprint density at radius 2 is 2.00 bits per heavy atom. The largest absolute Gasteiger partial charge is 0.573 e. The number of rotatable bonds is 5. The molecule has 3 N–H and O–H groups in total. The molecule has 1 fully saturated rings. The molecule has 1 saturated heterocycles. The summed E-state index contributed by atoms with van der Waals surface area (Å²) in [6, 6.07) is -0.612. The topological polar surface area (TPSA) is 111 Å². The lowest BCUT2D eigenvalue weighted by molar-refractivity contribution is -0.274. The molecule has 15 heteroatoms. The lowest BCUT2D eigenvalue weighted by Crippen LogP contribution is -2.39. The van der Waals surface area contributed by atoms with E-state index in [0.717, 1.165) is 23.1 Å². The SMILES string of the molecule is NC(=O)C1CN([C@@H](c2ccc(OC(F)(F)F)c(Cl)c2)c2coc(C(F)(F)F)n2)C(=O)N1. The van der Waals surface area contributed by atoms with Crippen LogP contribution in [0.25, 0.3) is 0 Å². The number of hydrogen-bond donors (Lipinski definition) is 2. The molecule has 2 atom stereocenters. The van der Waals surface area contributed by atoms with E-state index in [-0.39, 0.29) is 12.1 Å². The Balaban J connectivity index is 2.04. The van der Waals surface area contributed by atoms with E-state index in [1.54, 1.807) is 0 Å². The van der Waals surface area contributed by atoms with Gasteiger partial charge in [0, 0.05) is 0 Å². The summed E-state index contributed by atoms with van der Waals surface area (Å²) in [6.45, 7) is -0.356. The van der Waals surface area contributed by atoms with E-state index >= 15 is 0 Å². The van der Waals surface area contributed by atoms with Crippen LogP contribution in [0, 0.1) is 0 Å². The molecular weight excluding hydrogens is 462 g/mol. The van der Waals surface area contributed by atoms with Crippen molar-refractivity contribution >= 4 is 23.5 Å². The molecule has 3 amide bonds. The number of nitrogens with one attached hydrogen (secondary N) is 1. The summed E-state index contributed by atoms with van der Waals surface area (Å²) < 4.78 is 84.3. The summed E-state index contributed by atoms with van der Waals surface area (Å²) in [7, 11) is 0. The normalized spacial score (nSPS) is 18.1. The lowest BCUT2D eigenvalue weighted by atomic mass is 10.0. The summed E-state index contributed by atoms with van der Waals surface area (Å²) in [6.07, 6.45) is -9.35. The zero-order valence-corrected chi connectivity index (χ0v) is 15.7. The smallest absolute Gasteiger partial charge is 0.441 e. The molecule has 2 aromatic rings. The second kappa shape index (κ2) is 7.83. The number of oxazole rings is 1. The maximum atomic E-state index is 12.9. The molecule has 0 aliphatic carbocycles. The number of nitrogens with zero attached hydrogens (tertiary/aromatic N) is 2. The van der Waals surface area contributed by atoms with Crippen molar-refractivity contribution in [1.29, 1.82) is 0 Å². The molecule has 31 heavy (non-hydrogen) atoms. The van der Waals surface area contributed by atoms with Gasteiger partial charge in [-0.2, -0.15) is 13.2 Å². The first kappa shape index (κ1) is 22.5. The van der Waals surface area contributed by atoms with E-state index in [1.807, 2.05) is 0 Å². The molecule has 1 aliphatic heterocycles. The predicted octanol–water partition coefficient (Wildman–Crippen LogP) is 3.21. The summed E-state index contributed by atoms with van der Waals surface area (Å²) in [5.74, 6) is -3.28. The quantitative estimate of drug-likeness (QED) is 0.649. The lowest BCUT2D eigenvalue weighted by Gasteiger charge is -2.26. The number of aromatic nitrogens is 1. The van der Waals surface area contributed by atoms with Crippen molar-refractivity contribution < 1.29 is 45.1 Å². The molecule has 8 nitrogen and oxygen atoms in total. The maximum Gasteiger partial charge on any atom is 0.573 e. The van der Waals surface area contributed by atoms with Gasteiger partial charge >= 0.3 is 24.5 Å². The summed E-state index contributed by atoms with van der Waals surface area (Å²) in [4.78, 5) is 28.0. The third-order valence-electron chi connectivity index (χ3n) is 4.13. The van der Waals surface area contributed by atoms with E-state index < -0.39 is 58.9 Å². The number of carbonyl (C=O) groups excluding carboxylic acids is 2. The second-order valence-corrected chi connectivity index (χ2v) is 6.68. The van der Waals surface area contributed by atoms with E-state index in [0.29, 0.717) is 6.26 Å². The van der Waals surface area contributed by atoms with Gasteiger partial charge in [0.25, 0.3) is 0 Å². The van der Waals surface area contributed by atoms with Crippen molar-refractivity contribution in [2.45, 2.75) is 24.6 Å². The number of nitrogens with two attached hydrogens (primary N) is 1. The van der Waals surface area contributed by atoms with Crippen LogP contribution in [0.1, 0.15) is 23.2 Å². The van der Waals surface area contributed by atoms with Gasteiger partial charge in [0.15, 0.2) is 0 Å². The molecule has 0 radical (unpaired) electrons. The Morgan fingerprint density at radius 3 is 2.48 bits per heavy atom. The van der Waals surface area contributed by atoms with E-state index in [1.165, 1.54) is 0 Å². The molecule has 2 heterocycles. The molecule has 3 rings (SSSR count). The van der Waals surface area contributed by atoms with Crippen molar-refractivity contribution in [2.24, 2.45) is 5.73 Å². The van der Waals surface area contributed by atoms with Gasteiger partial charge in [0.05, 0.1) is 11.6 Å². The highest BCUT2D eigenvalue weighted by Crippen LogP contribution is 2.38.